The highest BCUT2D eigenvalue weighted by molar-refractivity contribution is 5.88. The van der Waals surface area contributed by atoms with E-state index in [2.05, 4.69) is 26.3 Å². The normalized spacial score (nSPS) is 19.2. The Morgan fingerprint density at radius 1 is 1.47 bits per heavy atom. The first-order valence-electron chi connectivity index (χ1n) is 6.21. The maximum atomic E-state index is 10.7. The van der Waals surface area contributed by atoms with Crippen molar-refractivity contribution in [2.24, 2.45) is 0 Å². The van der Waals surface area contributed by atoms with Crippen molar-refractivity contribution in [2.45, 2.75) is 25.3 Å². The number of amides is 1. The zero-order valence-corrected chi connectivity index (χ0v) is 10.3. The minimum atomic E-state index is -0.972. The van der Waals surface area contributed by atoms with Gasteiger partial charge in [-0.25, -0.2) is 14.8 Å². The second-order valence-electron chi connectivity index (χ2n) is 4.62. The molecule has 0 spiro atoms. The fraction of sp³-hybridized carbons (Fsp3) is 0.308. The molecule has 0 bridgehead atoms. The van der Waals surface area contributed by atoms with Crippen molar-refractivity contribution in [3.63, 3.8) is 0 Å². The molecule has 6 nitrogen and oxygen atoms in total. The number of rotatable bonds is 2. The molecule has 0 fully saturated rings. The summed E-state index contributed by atoms with van der Waals surface area (Å²) >= 11 is 0. The maximum Gasteiger partial charge on any atom is 0.404 e. The first-order valence-corrected chi connectivity index (χ1v) is 6.21. The molecule has 3 rings (SSSR count). The SMILES string of the molecule is O=C(O)NC1CCC=C(c2ncnc3[nH]ccc23)C1. The quantitative estimate of drug-likeness (QED) is 0.769. The third kappa shape index (κ3) is 2.29. The molecule has 2 heterocycles. The van der Waals surface area contributed by atoms with Gasteiger partial charge in [-0.1, -0.05) is 6.08 Å². The minimum absolute atomic E-state index is 0.0403. The number of aromatic nitrogens is 3. The molecular formula is C13H14N4O2. The molecule has 0 aliphatic heterocycles. The van der Waals surface area contributed by atoms with Gasteiger partial charge in [0, 0.05) is 17.6 Å². The molecular weight excluding hydrogens is 244 g/mol. The van der Waals surface area contributed by atoms with Crippen LogP contribution in [0.3, 0.4) is 0 Å². The molecule has 0 aromatic carbocycles. The zero-order valence-electron chi connectivity index (χ0n) is 10.3. The lowest BCUT2D eigenvalue weighted by Gasteiger charge is -2.22. The summed E-state index contributed by atoms with van der Waals surface area (Å²) in [4.78, 5) is 22.3. The number of allylic oxidation sites excluding steroid dienone is 1. The summed E-state index contributed by atoms with van der Waals surface area (Å²) in [5.41, 5.74) is 2.78. The Hall–Kier alpha value is -2.37. The van der Waals surface area contributed by atoms with Gasteiger partial charge in [0.2, 0.25) is 0 Å². The summed E-state index contributed by atoms with van der Waals surface area (Å²) in [6, 6.07) is 1.90. The van der Waals surface area contributed by atoms with E-state index in [0.29, 0.717) is 6.42 Å². The molecule has 1 amide bonds. The molecule has 1 aliphatic rings. The summed E-state index contributed by atoms with van der Waals surface area (Å²) in [6.45, 7) is 0. The average molecular weight is 258 g/mol. The van der Waals surface area contributed by atoms with Crippen molar-refractivity contribution >= 4 is 22.7 Å². The van der Waals surface area contributed by atoms with E-state index in [9.17, 15) is 4.79 Å². The number of nitrogens with zero attached hydrogens (tertiary/aromatic N) is 2. The minimum Gasteiger partial charge on any atom is -0.465 e. The molecule has 19 heavy (non-hydrogen) atoms. The number of H-pyrrole nitrogens is 1. The Labute approximate surface area is 109 Å². The maximum absolute atomic E-state index is 10.7. The average Bonchev–Trinajstić information content (AvgIpc) is 2.86. The number of carboxylic acid groups (broad SMARTS) is 1. The van der Waals surface area contributed by atoms with Crippen molar-refractivity contribution in [1.29, 1.82) is 0 Å². The van der Waals surface area contributed by atoms with Crippen LogP contribution in [0.4, 0.5) is 4.79 Å². The summed E-state index contributed by atoms with van der Waals surface area (Å²) < 4.78 is 0. The van der Waals surface area contributed by atoms with Crippen LogP contribution in [0, 0.1) is 0 Å². The van der Waals surface area contributed by atoms with Gasteiger partial charge < -0.3 is 15.4 Å². The first-order chi connectivity index (χ1) is 9.24. The molecule has 0 saturated heterocycles. The third-order valence-corrected chi connectivity index (χ3v) is 3.36. The van der Waals surface area contributed by atoms with E-state index in [1.165, 1.54) is 6.33 Å². The van der Waals surface area contributed by atoms with Crippen LogP contribution in [0.5, 0.6) is 0 Å². The van der Waals surface area contributed by atoms with Gasteiger partial charge in [-0.2, -0.15) is 0 Å². The van der Waals surface area contributed by atoms with Crippen LogP contribution in [0.25, 0.3) is 16.6 Å². The zero-order chi connectivity index (χ0) is 13.2. The fourth-order valence-electron chi connectivity index (χ4n) is 2.53. The van der Waals surface area contributed by atoms with Crippen LogP contribution in [-0.2, 0) is 0 Å². The first kappa shape index (κ1) is 11.7. The van der Waals surface area contributed by atoms with E-state index in [1.54, 1.807) is 0 Å². The Kier molecular flexibility index (Phi) is 2.91. The second-order valence-corrected chi connectivity index (χ2v) is 4.62. The van der Waals surface area contributed by atoms with Crippen molar-refractivity contribution in [2.75, 3.05) is 0 Å². The number of nitrogens with one attached hydrogen (secondary N) is 2. The van der Waals surface area contributed by atoms with E-state index in [-0.39, 0.29) is 6.04 Å². The number of hydrogen-bond donors (Lipinski definition) is 3. The third-order valence-electron chi connectivity index (χ3n) is 3.36. The molecule has 2 aromatic rings. The summed E-state index contributed by atoms with van der Waals surface area (Å²) in [5.74, 6) is 0. The molecule has 98 valence electrons. The summed E-state index contributed by atoms with van der Waals surface area (Å²) in [6.07, 6.45) is 6.88. The van der Waals surface area contributed by atoms with Gasteiger partial charge >= 0.3 is 6.09 Å². The van der Waals surface area contributed by atoms with E-state index >= 15 is 0 Å². The number of hydrogen-bond acceptors (Lipinski definition) is 3. The van der Waals surface area contributed by atoms with Crippen LogP contribution < -0.4 is 5.32 Å². The van der Waals surface area contributed by atoms with Crippen molar-refractivity contribution in [3.8, 4) is 0 Å². The van der Waals surface area contributed by atoms with E-state index in [4.69, 9.17) is 5.11 Å². The predicted molar refractivity (Wildman–Crippen MR) is 70.7 cm³/mol. The molecule has 3 N–H and O–H groups in total. The summed E-state index contributed by atoms with van der Waals surface area (Å²) in [7, 11) is 0. The highest BCUT2D eigenvalue weighted by Gasteiger charge is 2.20. The van der Waals surface area contributed by atoms with Crippen LogP contribution in [-0.4, -0.2) is 32.2 Å². The monoisotopic (exact) mass is 258 g/mol. The smallest absolute Gasteiger partial charge is 0.404 e. The van der Waals surface area contributed by atoms with Gasteiger partial charge in [0.15, 0.2) is 0 Å². The Morgan fingerprint density at radius 3 is 3.21 bits per heavy atom. The van der Waals surface area contributed by atoms with Gasteiger partial charge in [0.25, 0.3) is 0 Å². The van der Waals surface area contributed by atoms with Gasteiger partial charge in [0.05, 0.1) is 5.69 Å². The molecule has 1 aliphatic carbocycles. The van der Waals surface area contributed by atoms with Crippen LogP contribution in [0.15, 0.2) is 24.7 Å². The highest BCUT2D eigenvalue weighted by Crippen LogP contribution is 2.29. The van der Waals surface area contributed by atoms with E-state index < -0.39 is 6.09 Å². The van der Waals surface area contributed by atoms with Crippen molar-refractivity contribution in [3.05, 3.63) is 30.4 Å². The lowest BCUT2D eigenvalue weighted by Crippen LogP contribution is -2.34. The molecule has 6 heteroatoms. The Morgan fingerprint density at radius 2 is 2.37 bits per heavy atom. The van der Waals surface area contributed by atoms with E-state index in [0.717, 1.165) is 35.1 Å². The van der Waals surface area contributed by atoms with Crippen LogP contribution >= 0.6 is 0 Å². The number of aromatic amines is 1. The molecule has 2 aromatic heterocycles. The van der Waals surface area contributed by atoms with Gasteiger partial charge in [-0.05, 0) is 30.9 Å². The lowest BCUT2D eigenvalue weighted by molar-refractivity contribution is 0.189. The molecule has 0 saturated carbocycles. The fourth-order valence-corrected chi connectivity index (χ4v) is 2.53. The molecule has 1 atom stereocenters. The standard InChI is InChI=1S/C13H14N4O2/c18-13(19)17-9-3-1-2-8(6-9)11-10-4-5-14-12(10)16-7-15-11/h2,4-5,7,9,17H,1,3,6H2,(H,18,19)(H,14,15,16). The van der Waals surface area contributed by atoms with Crippen molar-refractivity contribution < 1.29 is 9.90 Å². The van der Waals surface area contributed by atoms with Crippen molar-refractivity contribution in [1.82, 2.24) is 20.3 Å². The van der Waals surface area contributed by atoms with E-state index in [1.807, 2.05) is 12.3 Å². The number of fused-ring (bicyclic) bond motifs is 1. The lowest BCUT2D eigenvalue weighted by atomic mass is 9.92. The topological polar surface area (TPSA) is 90.9 Å². The molecule has 0 radical (unpaired) electrons. The van der Waals surface area contributed by atoms with Gasteiger partial charge in [-0.3, -0.25) is 0 Å². The van der Waals surface area contributed by atoms with Gasteiger partial charge in [-0.15, -0.1) is 0 Å². The largest absolute Gasteiger partial charge is 0.465 e. The summed E-state index contributed by atoms with van der Waals surface area (Å²) in [5, 5.41) is 12.3. The highest BCUT2D eigenvalue weighted by atomic mass is 16.4. The Balaban J connectivity index is 1.91. The second kappa shape index (κ2) is 4.72. The Bertz CT molecular complexity index is 647. The molecule has 1 unspecified atom stereocenters. The van der Waals surface area contributed by atoms with Gasteiger partial charge in [0.1, 0.15) is 12.0 Å². The van der Waals surface area contributed by atoms with Crippen LogP contribution in [0.1, 0.15) is 25.0 Å². The predicted octanol–water partition coefficient (Wildman–Crippen LogP) is 2.16. The number of carbonyl (C=O) groups is 1. The van der Waals surface area contributed by atoms with Crippen LogP contribution in [0.2, 0.25) is 0 Å².